The Labute approximate surface area is 191 Å². The van der Waals surface area contributed by atoms with Crippen LogP contribution in [0.15, 0.2) is 29.2 Å². The summed E-state index contributed by atoms with van der Waals surface area (Å²) in [5.74, 6) is -0.531. The van der Waals surface area contributed by atoms with Crippen LogP contribution in [0, 0.1) is 12.8 Å². The van der Waals surface area contributed by atoms with Crippen LogP contribution in [0.2, 0.25) is 0 Å². The van der Waals surface area contributed by atoms with E-state index in [2.05, 4.69) is 0 Å². The number of nitrogens with zero attached hydrogens (tertiary/aromatic N) is 4. The quantitative estimate of drug-likeness (QED) is 0.402. The number of amides is 1. The largest absolute Gasteiger partial charge is 0.466 e. The lowest BCUT2D eigenvalue weighted by Crippen LogP contribution is -2.41. The van der Waals surface area contributed by atoms with Gasteiger partial charge in [0.15, 0.2) is 0 Å². The summed E-state index contributed by atoms with van der Waals surface area (Å²) in [5.41, 5.74) is 2.22. The van der Waals surface area contributed by atoms with E-state index >= 15 is 0 Å². The highest BCUT2D eigenvalue weighted by Crippen LogP contribution is 2.24. The number of carbonyl (C=O) groups excluding carboxylic acids is 2. The number of piperidine rings is 1. The van der Waals surface area contributed by atoms with Crippen LogP contribution in [0.5, 0.6) is 0 Å². The number of esters is 1. The lowest BCUT2D eigenvalue weighted by molar-refractivity contribution is -0.149. The number of pyridine rings is 1. The van der Waals surface area contributed by atoms with Crippen LogP contribution in [-0.2, 0) is 20.8 Å². The summed E-state index contributed by atoms with van der Waals surface area (Å²) in [6.45, 7) is 6.03. The van der Waals surface area contributed by atoms with Crippen molar-refractivity contribution in [3.8, 4) is 0 Å². The highest BCUT2D eigenvalue weighted by molar-refractivity contribution is 5.98. The molecule has 0 bridgehead atoms. The van der Waals surface area contributed by atoms with E-state index in [1.54, 1.807) is 31.2 Å². The average molecular weight is 455 g/mol. The first-order valence-corrected chi connectivity index (χ1v) is 11.4. The molecule has 0 saturated carbocycles. The molecule has 0 atom stereocenters. The molecule has 1 fully saturated rings. The monoisotopic (exact) mass is 454 g/mol. The molecular formula is C24H30N4O5. The van der Waals surface area contributed by atoms with Crippen LogP contribution in [0.25, 0.3) is 16.7 Å². The second-order valence-corrected chi connectivity index (χ2v) is 8.39. The van der Waals surface area contributed by atoms with Crippen molar-refractivity contribution in [3.05, 3.63) is 46.0 Å². The van der Waals surface area contributed by atoms with Gasteiger partial charge in [-0.15, -0.1) is 0 Å². The molecule has 1 amide bonds. The zero-order valence-electron chi connectivity index (χ0n) is 19.4. The predicted molar refractivity (Wildman–Crippen MR) is 123 cm³/mol. The van der Waals surface area contributed by atoms with Gasteiger partial charge in [0.05, 0.1) is 17.9 Å². The second-order valence-electron chi connectivity index (χ2n) is 8.39. The maximum atomic E-state index is 13.5. The zero-order chi connectivity index (χ0) is 23.5. The Bertz CT molecular complexity index is 1240. The van der Waals surface area contributed by atoms with Crippen molar-refractivity contribution >= 4 is 28.6 Å². The molecule has 3 aromatic rings. The first-order chi connectivity index (χ1) is 16.0. The molecule has 4 heterocycles. The Balaban J connectivity index is 1.71. The van der Waals surface area contributed by atoms with Crippen molar-refractivity contribution in [2.45, 2.75) is 39.7 Å². The molecule has 0 aromatic carbocycles. The topological polar surface area (TPSA) is 95.1 Å². The van der Waals surface area contributed by atoms with Gasteiger partial charge >= 0.3 is 5.97 Å². The Kier molecular flexibility index (Phi) is 6.78. The van der Waals surface area contributed by atoms with Crippen LogP contribution in [0.3, 0.4) is 0 Å². The van der Waals surface area contributed by atoms with Gasteiger partial charge in [-0.25, -0.2) is 4.98 Å². The molecule has 0 N–H and O–H groups in total. The van der Waals surface area contributed by atoms with Crippen molar-refractivity contribution in [2.24, 2.45) is 5.92 Å². The van der Waals surface area contributed by atoms with Crippen LogP contribution in [0.1, 0.15) is 42.2 Å². The molecule has 0 aliphatic carbocycles. The van der Waals surface area contributed by atoms with E-state index in [4.69, 9.17) is 14.5 Å². The summed E-state index contributed by atoms with van der Waals surface area (Å²) >= 11 is 0. The predicted octanol–water partition coefficient (Wildman–Crippen LogP) is 2.41. The Hall–Kier alpha value is -3.20. The Morgan fingerprint density at radius 2 is 1.97 bits per heavy atom. The first-order valence-electron chi connectivity index (χ1n) is 11.4. The van der Waals surface area contributed by atoms with Gasteiger partial charge in [0.2, 0.25) is 0 Å². The maximum absolute atomic E-state index is 13.5. The first kappa shape index (κ1) is 23.0. The molecule has 3 aromatic heterocycles. The van der Waals surface area contributed by atoms with Gasteiger partial charge in [-0.05, 0) is 50.8 Å². The molecule has 176 valence electrons. The lowest BCUT2D eigenvalue weighted by atomic mass is 9.97. The molecule has 9 heteroatoms. The van der Waals surface area contributed by atoms with Crippen LogP contribution in [0.4, 0.5) is 0 Å². The van der Waals surface area contributed by atoms with Gasteiger partial charge in [0.25, 0.3) is 11.5 Å². The average Bonchev–Trinajstić information content (AvgIpc) is 3.19. The van der Waals surface area contributed by atoms with E-state index in [0.29, 0.717) is 74.5 Å². The number of fused-ring (bicyclic) bond motifs is 2. The number of aromatic nitrogens is 3. The molecule has 9 nitrogen and oxygen atoms in total. The minimum atomic E-state index is -0.197. The van der Waals surface area contributed by atoms with Crippen molar-refractivity contribution in [1.29, 1.82) is 0 Å². The number of aryl methyl sites for hydroxylation is 2. The third-order valence-corrected chi connectivity index (χ3v) is 6.24. The number of likely N-dealkylation sites (tertiary alicyclic amines) is 1. The standard InChI is InChI=1S/C24H30N4O5/c1-4-33-24(31)17-8-12-26(13-9-17)23(30)19-15-18-21(27(19)11-6-14-32-3)25-20-16(2)7-5-10-28(20)22(18)29/h5,7,10,15,17H,4,6,8-9,11-14H2,1-3H3. The number of hydrogen-bond acceptors (Lipinski definition) is 6. The van der Waals surface area contributed by atoms with E-state index in [-0.39, 0.29) is 23.4 Å². The Morgan fingerprint density at radius 3 is 2.67 bits per heavy atom. The molecule has 1 saturated heterocycles. The van der Waals surface area contributed by atoms with Gasteiger partial charge in [-0.2, -0.15) is 0 Å². The van der Waals surface area contributed by atoms with Crippen molar-refractivity contribution < 1.29 is 19.1 Å². The molecule has 0 unspecified atom stereocenters. The smallest absolute Gasteiger partial charge is 0.309 e. The van der Waals surface area contributed by atoms with Gasteiger partial charge in [-0.3, -0.25) is 18.8 Å². The lowest BCUT2D eigenvalue weighted by Gasteiger charge is -2.31. The third-order valence-electron chi connectivity index (χ3n) is 6.24. The van der Waals surface area contributed by atoms with E-state index in [1.807, 2.05) is 23.6 Å². The van der Waals surface area contributed by atoms with Crippen LogP contribution < -0.4 is 5.56 Å². The summed E-state index contributed by atoms with van der Waals surface area (Å²) < 4.78 is 13.7. The normalized spacial score (nSPS) is 14.8. The van der Waals surface area contributed by atoms with E-state index in [0.717, 1.165) is 5.56 Å². The SMILES string of the molecule is CCOC(=O)C1CCN(C(=O)c2cc3c(=O)n4cccc(C)c4nc3n2CCCOC)CC1. The van der Waals surface area contributed by atoms with Gasteiger partial charge in [-0.1, -0.05) is 6.07 Å². The van der Waals surface area contributed by atoms with Crippen molar-refractivity contribution in [3.63, 3.8) is 0 Å². The number of rotatable bonds is 7. The number of methoxy groups -OCH3 is 1. The highest BCUT2D eigenvalue weighted by atomic mass is 16.5. The molecule has 1 aliphatic rings. The molecule has 33 heavy (non-hydrogen) atoms. The summed E-state index contributed by atoms with van der Waals surface area (Å²) in [4.78, 5) is 45.3. The van der Waals surface area contributed by atoms with Crippen LogP contribution >= 0.6 is 0 Å². The minimum absolute atomic E-state index is 0.155. The second kappa shape index (κ2) is 9.74. The number of hydrogen-bond donors (Lipinski definition) is 0. The highest BCUT2D eigenvalue weighted by Gasteiger charge is 2.30. The zero-order valence-corrected chi connectivity index (χ0v) is 19.4. The van der Waals surface area contributed by atoms with E-state index in [9.17, 15) is 14.4 Å². The third kappa shape index (κ3) is 4.37. The number of ether oxygens (including phenoxy) is 2. The minimum Gasteiger partial charge on any atom is -0.466 e. The molecular weight excluding hydrogens is 424 g/mol. The fourth-order valence-electron chi connectivity index (χ4n) is 4.47. The van der Waals surface area contributed by atoms with Gasteiger partial charge in [0.1, 0.15) is 17.0 Å². The Morgan fingerprint density at radius 1 is 1.21 bits per heavy atom. The van der Waals surface area contributed by atoms with Gasteiger partial charge < -0.3 is 18.9 Å². The number of carbonyl (C=O) groups is 2. The van der Waals surface area contributed by atoms with Crippen molar-refractivity contribution in [2.75, 3.05) is 33.4 Å². The molecule has 0 spiro atoms. The van der Waals surface area contributed by atoms with Gasteiger partial charge in [0, 0.05) is 39.5 Å². The summed E-state index contributed by atoms with van der Waals surface area (Å²) in [5, 5.41) is 0.417. The van der Waals surface area contributed by atoms with Crippen LogP contribution in [-0.4, -0.2) is 64.1 Å². The van der Waals surface area contributed by atoms with E-state index in [1.165, 1.54) is 4.40 Å². The molecule has 1 aliphatic heterocycles. The van der Waals surface area contributed by atoms with Crippen molar-refractivity contribution in [1.82, 2.24) is 18.9 Å². The maximum Gasteiger partial charge on any atom is 0.309 e. The fraction of sp³-hybridized carbons (Fsp3) is 0.500. The van der Waals surface area contributed by atoms with E-state index < -0.39 is 0 Å². The summed E-state index contributed by atoms with van der Waals surface area (Å²) in [6.07, 6.45) is 3.51. The fourth-order valence-corrected chi connectivity index (χ4v) is 4.47. The summed E-state index contributed by atoms with van der Waals surface area (Å²) in [7, 11) is 1.63. The summed E-state index contributed by atoms with van der Waals surface area (Å²) in [6, 6.07) is 5.38. The molecule has 0 radical (unpaired) electrons. The molecule has 4 rings (SSSR count).